The number of carbonyl (C=O) groups is 2. The van der Waals surface area contributed by atoms with Gasteiger partial charge in [0.15, 0.2) is 17.3 Å². The van der Waals surface area contributed by atoms with Gasteiger partial charge in [0, 0.05) is 23.7 Å². The standard InChI is InChI=1S/C22H17N3O6/c1-13(26)30-17-9-8-14(12-19(17)28-2)20(27)23-16-6-3-5-15(11-16)21-24-25-22(31-21)18-7-4-10-29-18/h3-12H,1-2H3,(H,23,27). The Morgan fingerprint density at radius 3 is 2.55 bits per heavy atom. The van der Waals surface area contributed by atoms with E-state index in [1.54, 1.807) is 36.4 Å². The first-order chi connectivity index (χ1) is 15.0. The molecule has 31 heavy (non-hydrogen) atoms. The molecule has 9 nitrogen and oxygen atoms in total. The molecular formula is C22H17N3O6. The van der Waals surface area contributed by atoms with Crippen LogP contribution in [0.25, 0.3) is 23.1 Å². The fourth-order valence-corrected chi connectivity index (χ4v) is 2.82. The zero-order valence-electron chi connectivity index (χ0n) is 16.6. The van der Waals surface area contributed by atoms with Gasteiger partial charge in [-0.1, -0.05) is 6.07 Å². The molecule has 156 valence electrons. The summed E-state index contributed by atoms with van der Waals surface area (Å²) in [6.07, 6.45) is 1.52. The molecule has 0 atom stereocenters. The van der Waals surface area contributed by atoms with E-state index in [1.165, 1.54) is 38.5 Å². The van der Waals surface area contributed by atoms with Gasteiger partial charge in [0.05, 0.1) is 13.4 Å². The molecule has 1 amide bonds. The minimum Gasteiger partial charge on any atom is -0.493 e. The van der Waals surface area contributed by atoms with Gasteiger partial charge < -0.3 is 23.6 Å². The Hall–Kier alpha value is -4.40. The van der Waals surface area contributed by atoms with E-state index in [9.17, 15) is 9.59 Å². The van der Waals surface area contributed by atoms with Crippen LogP contribution >= 0.6 is 0 Å². The Labute approximate surface area is 176 Å². The summed E-state index contributed by atoms with van der Waals surface area (Å²) in [5, 5.41) is 10.8. The number of benzene rings is 2. The smallest absolute Gasteiger partial charge is 0.308 e. The van der Waals surface area contributed by atoms with Crippen LogP contribution in [-0.2, 0) is 4.79 Å². The third-order valence-corrected chi connectivity index (χ3v) is 4.20. The Balaban J connectivity index is 1.52. The molecular weight excluding hydrogens is 402 g/mol. The van der Waals surface area contributed by atoms with Gasteiger partial charge in [-0.2, -0.15) is 0 Å². The number of nitrogens with zero attached hydrogens (tertiary/aromatic N) is 2. The first-order valence-electron chi connectivity index (χ1n) is 9.19. The predicted octanol–water partition coefficient (Wildman–Crippen LogP) is 4.18. The maximum Gasteiger partial charge on any atom is 0.308 e. The largest absolute Gasteiger partial charge is 0.493 e. The highest BCUT2D eigenvalue weighted by Crippen LogP contribution is 2.29. The molecule has 0 unspecified atom stereocenters. The molecule has 0 fully saturated rings. The third-order valence-electron chi connectivity index (χ3n) is 4.20. The summed E-state index contributed by atoms with van der Waals surface area (Å²) in [5.41, 5.74) is 1.49. The summed E-state index contributed by atoms with van der Waals surface area (Å²) >= 11 is 0. The predicted molar refractivity (Wildman–Crippen MR) is 110 cm³/mol. The minimum absolute atomic E-state index is 0.234. The van der Waals surface area contributed by atoms with E-state index < -0.39 is 5.97 Å². The van der Waals surface area contributed by atoms with Crippen molar-refractivity contribution in [2.24, 2.45) is 0 Å². The van der Waals surface area contributed by atoms with Crippen LogP contribution in [0.2, 0.25) is 0 Å². The van der Waals surface area contributed by atoms with Crippen molar-refractivity contribution < 1.29 is 27.9 Å². The van der Waals surface area contributed by atoms with E-state index >= 15 is 0 Å². The normalized spacial score (nSPS) is 10.5. The molecule has 4 aromatic rings. The lowest BCUT2D eigenvalue weighted by atomic mass is 10.1. The van der Waals surface area contributed by atoms with E-state index in [1.807, 2.05) is 0 Å². The van der Waals surface area contributed by atoms with Crippen LogP contribution in [-0.4, -0.2) is 29.2 Å². The molecule has 0 aliphatic rings. The van der Waals surface area contributed by atoms with Crippen LogP contribution < -0.4 is 14.8 Å². The lowest BCUT2D eigenvalue weighted by Crippen LogP contribution is -2.12. The van der Waals surface area contributed by atoms with E-state index in [0.717, 1.165) is 0 Å². The molecule has 1 N–H and O–H groups in total. The molecule has 0 radical (unpaired) electrons. The van der Waals surface area contributed by atoms with E-state index in [2.05, 4.69) is 15.5 Å². The van der Waals surface area contributed by atoms with Gasteiger partial charge in [0.1, 0.15) is 0 Å². The monoisotopic (exact) mass is 419 g/mol. The summed E-state index contributed by atoms with van der Waals surface area (Å²) in [7, 11) is 1.43. The highest BCUT2D eigenvalue weighted by Gasteiger charge is 2.15. The molecule has 9 heteroatoms. The first-order valence-corrected chi connectivity index (χ1v) is 9.19. The molecule has 2 heterocycles. The number of methoxy groups -OCH3 is 1. The molecule has 0 saturated carbocycles. The van der Waals surface area contributed by atoms with Crippen LogP contribution in [0.3, 0.4) is 0 Å². The second-order valence-electron chi connectivity index (χ2n) is 6.38. The number of nitrogens with one attached hydrogen (secondary N) is 1. The molecule has 0 spiro atoms. The number of rotatable bonds is 6. The van der Waals surface area contributed by atoms with Crippen molar-refractivity contribution in [1.82, 2.24) is 10.2 Å². The molecule has 2 aromatic heterocycles. The van der Waals surface area contributed by atoms with Gasteiger partial charge in [0.2, 0.25) is 5.89 Å². The fourth-order valence-electron chi connectivity index (χ4n) is 2.82. The van der Waals surface area contributed by atoms with Crippen molar-refractivity contribution in [1.29, 1.82) is 0 Å². The summed E-state index contributed by atoms with van der Waals surface area (Å²) in [6, 6.07) is 15.0. The topological polar surface area (TPSA) is 117 Å². The highest BCUT2D eigenvalue weighted by molar-refractivity contribution is 6.05. The number of furan rings is 1. The second-order valence-corrected chi connectivity index (χ2v) is 6.38. The Kier molecular flexibility index (Phi) is 5.48. The van der Waals surface area contributed by atoms with Crippen molar-refractivity contribution in [3.8, 4) is 34.6 Å². The molecule has 0 saturated heterocycles. The van der Waals surface area contributed by atoms with E-state index in [4.69, 9.17) is 18.3 Å². The van der Waals surface area contributed by atoms with Crippen molar-refractivity contribution in [3.63, 3.8) is 0 Å². The number of carbonyl (C=O) groups excluding carboxylic acids is 2. The lowest BCUT2D eigenvalue weighted by Gasteiger charge is -2.10. The highest BCUT2D eigenvalue weighted by atomic mass is 16.6. The van der Waals surface area contributed by atoms with Gasteiger partial charge in [-0.3, -0.25) is 9.59 Å². The van der Waals surface area contributed by atoms with Crippen molar-refractivity contribution in [2.75, 3.05) is 12.4 Å². The van der Waals surface area contributed by atoms with Crippen molar-refractivity contribution in [3.05, 3.63) is 66.4 Å². The van der Waals surface area contributed by atoms with Gasteiger partial charge in [-0.25, -0.2) is 0 Å². The van der Waals surface area contributed by atoms with Gasteiger partial charge >= 0.3 is 5.97 Å². The van der Waals surface area contributed by atoms with Crippen LogP contribution in [0, 0.1) is 0 Å². The van der Waals surface area contributed by atoms with E-state index in [0.29, 0.717) is 22.6 Å². The molecule has 0 aliphatic heterocycles. The van der Waals surface area contributed by atoms with Gasteiger partial charge in [-0.15, -0.1) is 10.2 Å². The summed E-state index contributed by atoms with van der Waals surface area (Å²) in [4.78, 5) is 23.9. The summed E-state index contributed by atoms with van der Waals surface area (Å²) in [5.74, 6) is 0.666. The zero-order chi connectivity index (χ0) is 21.8. The summed E-state index contributed by atoms with van der Waals surface area (Å²) in [6.45, 7) is 1.29. The number of amides is 1. The van der Waals surface area contributed by atoms with Crippen LogP contribution in [0.15, 0.2) is 69.7 Å². The van der Waals surface area contributed by atoms with Gasteiger partial charge in [-0.05, 0) is 48.5 Å². The van der Waals surface area contributed by atoms with Gasteiger partial charge in [0.25, 0.3) is 11.8 Å². The van der Waals surface area contributed by atoms with Crippen LogP contribution in [0.4, 0.5) is 5.69 Å². The van der Waals surface area contributed by atoms with Crippen LogP contribution in [0.5, 0.6) is 11.5 Å². The lowest BCUT2D eigenvalue weighted by molar-refractivity contribution is -0.132. The average Bonchev–Trinajstić information content (AvgIpc) is 3.46. The SMILES string of the molecule is COc1cc(C(=O)Nc2cccc(-c3nnc(-c4ccco4)o3)c2)ccc1OC(C)=O. The van der Waals surface area contributed by atoms with Crippen LogP contribution in [0.1, 0.15) is 17.3 Å². The maximum absolute atomic E-state index is 12.7. The number of esters is 1. The average molecular weight is 419 g/mol. The molecule has 0 aliphatic carbocycles. The van der Waals surface area contributed by atoms with E-state index in [-0.39, 0.29) is 29.2 Å². The molecule has 4 rings (SSSR count). The second kappa shape index (κ2) is 8.54. The molecule has 2 aromatic carbocycles. The fraction of sp³-hybridized carbons (Fsp3) is 0.0909. The zero-order valence-corrected chi connectivity index (χ0v) is 16.6. The maximum atomic E-state index is 12.7. The Bertz CT molecular complexity index is 1230. The number of aromatic nitrogens is 2. The number of hydrogen-bond acceptors (Lipinski definition) is 8. The first kappa shape index (κ1) is 19.9. The van der Waals surface area contributed by atoms with Crippen molar-refractivity contribution in [2.45, 2.75) is 6.92 Å². The Morgan fingerprint density at radius 2 is 1.81 bits per heavy atom. The quantitative estimate of drug-likeness (QED) is 0.365. The summed E-state index contributed by atoms with van der Waals surface area (Å²) < 4.78 is 21.2. The Morgan fingerprint density at radius 1 is 0.968 bits per heavy atom. The molecule has 0 bridgehead atoms. The number of anilines is 1. The third kappa shape index (κ3) is 4.45. The van der Waals surface area contributed by atoms with Crippen molar-refractivity contribution >= 4 is 17.6 Å². The minimum atomic E-state index is -0.483. The number of hydrogen-bond donors (Lipinski definition) is 1. The number of ether oxygens (including phenoxy) is 2.